The number of carbonyl (C=O) groups excluding carboxylic acids is 1. The predicted molar refractivity (Wildman–Crippen MR) is 145 cm³/mol. The van der Waals surface area contributed by atoms with Crippen LogP contribution in [0.25, 0.3) is 11.1 Å². The van der Waals surface area contributed by atoms with Gasteiger partial charge >= 0.3 is 5.97 Å². The number of carboxylic acid groups (broad SMARTS) is 1. The quantitative estimate of drug-likeness (QED) is 0.362. The number of carboxylic acids is 1. The number of hydrogen-bond acceptors (Lipinski definition) is 4. The van der Waals surface area contributed by atoms with Crippen molar-refractivity contribution < 1.29 is 19.4 Å². The predicted octanol–water partition coefficient (Wildman–Crippen LogP) is 6.99. The van der Waals surface area contributed by atoms with E-state index < -0.39 is 17.1 Å². The summed E-state index contributed by atoms with van der Waals surface area (Å²) in [6, 6.07) is 13.6. The molecule has 0 atom stereocenters. The van der Waals surface area contributed by atoms with Crippen LogP contribution in [0.5, 0.6) is 5.75 Å². The number of unbranched alkanes of at least 4 members (excludes halogenated alkanes) is 1. The lowest BCUT2D eigenvalue weighted by Gasteiger charge is -2.29. The summed E-state index contributed by atoms with van der Waals surface area (Å²) in [6.45, 7) is 5.75. The van der Waals surface area contributed by atoms with Crippen LogP contribution in [0.2, 0.25) is 0 Å². The van der Waals surface area contributed by atoms with Crippen LogP contribution in [0.3, 0.4) is 0 Å². The van der Waals surface area contributed by atoms with Crippen LogP contribution in [-0.4, -0.2) is 38.9 Å². The Hall–Kier alpha value is -2.67. The van der Waals surface area contributed by atoms with Crippen molar-refractivity contribution in [1.82, 2.24) is 4.90 Å². The number of aliphatic imine (C=N–C) groups is 1. The molecule has 1 aliphatic heterocycles. The van der Waals surface area contributed by atoms with E-state index in [0.29, 0.717) is 12.3 Å². The maximum absolute atomic E-state index is 13.5. The largest absolute Gasteiger partial charge is 0.478 e. The van der Waals surface area contributed by atoms with Crippen molar-refractivity contribution in [2.75, 3.05) is 0 Å². The summed E-state index contributed by atoms with van der Waals surface area (Å²) in [5.41, 5.74) is 1.07. The van der Waals surface area contributed by atoms with Crippen molar-refractivity contribution in [1.29, 1.82) is 0 Å². The SMILES string of the molecule is CCCCC1=NC2(CCCCC2)C(=O)N1Cc1ccc(-c2cc(OC(C)(C)C(=O)O)ccc2Br)cc1. The molecule has 0 aromatic heterocycles. The number of ether oxygens (including phenoxy) is 1. The zero-order valence-electron chi connectivity index (χ0n) is 21.3. The second-order valence-corrected chi connectivity index (χ2v) is 11.2. The standard InChI is InChI=1S/C29H35BrN2O4/c1-4-5-9-25-31-29(16-7-6-8-17-29)26(33)32(25)19-20-10-12-21(13-11-20)23-18-22(14-15-24(23)30)36-28(2,3)27(34)35/h10-15,18H,4-9,16-17,19H2,1-3H3,(H,34,35). The van der Waals surface area contributed by atoms with Crippen LogP contribution < -0.4 is 4.74 Å². The number of rotatable bonds is 9. The maximum Gasteiger partial charge on any atom is 0.347 e. The number of amides is 1. The Kier molecular flexibility index (Phi) is 7.88. The summed E-state index contributed by atoms with van der Waals surface area (Å²) >= 11 is 3.61. The van der Waals surface area contributed by atoms with Gasteiger partial charge in [0.25, 0.3) is 5.91 Å². The van der Waals surface area contributed by atoms with Crippen molar-refractivity contribution in [2.45, 2.75) is 89.8 Å². The van der Waals surface area contributed by atoms with Gasteiger partial charge in [-0.25, -0.2) is 4.79 Å². The molecule has 0 unspecified atom stereocenters. The Bertz CT molecular complexity index is 1150. The van der Waals surface area contributed by atoms with Crippen molar-refractivity contribution in [2.24, 2.45) is 4.99 Å². The molecule has 2 aliphatic rings. The minimum atomic E-state index is -1.33. The van der Waals surface area contributed by atoms with Crippen LogP contribution in [0.15, 0.2) is 51.9 Å². The number of nitrogens with zero attached hydrogens (tertiary/aromatic N) is 2. The molecule has 2 aromatic rings. The third-order valence-corrected chi connectivity index (χ3v) is 7.86. The molecule has 1 aliphatic carbocycles. The first-order valence-corrected chi connectivity index (χ1v) is 13.7. The van der Waals surface area contributed by atoms with Crippen molar-refractivity contribution in [3.63, 3.8) is 0 Å². The Morgan fingerprint density at radius 2 is 1.83 bits per heavy atom. The third kappa shape index (κ3) is 5.51. The van der Waals surface area contributed by atoms with E-state index >= 15 is 0 Å². The topological polar surface area (TPSA) is 79.2 Å². The monoisotopic (exact) mass is 554 g/mol. The van der Waals surface area contributed by atoms with Crippen molar-refractivity contribution in [3.05, 3.63) is 52.5 Å². The molecule has 36 heavy (non-hydrogen) atoms. The van der Waals surface area contributed by atoms with E-state index in [1.165, 1.54) is 20.3 Å². The van der Waals surface area contributed by atoms with Gasteiger partial charge in [-0.1, -0.05) is 72.8 Å². The molecular formula is C29H35BrN2O4. The smallest absolute Gasteiger partial charge is 0.347 e. The van der Waals surface area contributed by atoms with Gasteiger partial charge in [-0.3, -0.25) is 14.7 Å². The third-order valence-electron chi connectivity index (χ3n) is 7.16. The summed E-state index contributed by atoms with van der Waals surface area (Å²) in [5, 5.41) is 9.39. The summed E-state index contributed by atoms with van der Waals surface area (Å²) in [7, 11) is 0. The fraction of sp³-hybridized carbons (Fsp3) is 0.483. The lowest BCUT2D eigenvalue weighted by Crippen LogP contribution is -2.43. The van der Waals surface area contributed by atoms with Gasteiger partial charge in [-0.15, -0.1) is 0 Å². The molecule has 1 N–H and O–H groups in total. The molecule has 4 rings (SSSR count). The van der Waals surface area contributed by atoms with Gasteiger partial charge in [-0.2, -0.15) is 0 Å². The number of hydrogen-bond donors (Lipinski definition) is 1. The molecule has 7 heteroatoms. The van der Waals surface area contributed by atoms with Gasteiger partial charge in [0, 0.05) is 10.9 Å². The zero-order chi connectivity index (χ0) is 25.9. The molecule has 0 radical (unpaired) electrons. The first kappa shape index (κ1) is 26.4. The van der Waals surface area contributed by atoms with E-state index in [9.17, 15) is 14.7 Å². The van der Waals surface area contributed by atoms with Gasteiger partial charge in [-0.05, 0) is 68.0 Å². The van der Waals surface area contributed by atoms with Crippen LogP contribution in [0, 0.1) is 0 Å². The van der Waals surface area contributed by atoms with E-state index in [1.807, 2.05) is 41.3 Å². The molecule has 2 aromatic carbocycles. The molecule has 1 saturated carbocycles. The van der Waals surface area contributed by atoms with Crippen molar-refractivity contribution in [3.8, 4) is 16.9 Å². The van der Waals surface area contributed by atoms with Crippen molar-refractivity contribution >= 4 is 33.6 Å². The number of benzene rings is 2. The molecule has 0 bridgehead atoms. The molecular weight excluding hydrogens is 520 g/mol. The summed E-state index contributed by atoms with van der Waals surface area (Å²) in [4.78, 5) is 32.0. The van der Waals surface area contributed by atoms with Gasteiger partial charge < -0.3 is 9.84 Å². The van der Waals surface area contributed by atoms with Crippen LogP contribution >= 0.6 is 15.9 Å². The number of halogens is 1. The molecule has 1 amide bonds. The molecule has 1 fully saturated rings. The van der Waals surface area contributed by atoms with E-state index in [4.69, 9.17) is 9.73 Å². The van der Waals surface area contributed by atoms with E-state index in [-0.39, 0.29) is 5.91 Å². The maximum atomic E-state index is 13.5. The Balaban J connectivity index is 1.53. The Morgan fingerprint density at radius 3 is 2.47 bits per heavy atom. The number of aliphatic carboxylic acids is 1. The van der Waals surface area contributed by atoms with Crippen LogP contribution in [-0.2, 0) is 16.1 Å². The molecule has 6 nitrogen and oxygen atoms in total. The average molecular weight is 556 g/mol. The van der Waals surface area contributed by atoms with Crippen LogP contribution in [0.4, 0.5) is 0 Å². The zero-order valence-corrected chi connectivity index (χ0v) is 22.9. The van der Waals surface area contributed by atoms with Gasteiger partial charge in [0.2, 0.25) is 0 Å². The molecule has 1 heterocycles. The molecule has 192 valence electrons. The Labute approximate surface area is 221 Å². The first-order valence-electron chi connectivity index (χ1n) is 12.9. The molecule has 0 saturated heterocycles. The van der Waals surface area contributed by atoms with Gasteiger partial charge in [0.1, 0.15) is 17.1 Å². The second kappa shape index (κ2) is 10.8. The highest BCUT2D eigenvalue weighted by molar-refractivity contribution is 9.10. The highest BCUT2D eigenvalue weighted by Crippen LogP contribution is 2.39. The fourth-order valence-corrected chi connectivity index (χ4v) is 5.45. The normalized spacial score (nSPS) is 17.4. The Morgan fingerprint density at radius 1 is 1.14 bits per heavy atom. The van der Waals surface area contributed by atoms with Gasteiger partial charge in [0.05, 0.1) is 6.54 Å². The highest BCUT2D eigenvalue weighted by Gasteiger charge is 2.48. The number of amidine groups is 1. The van der Waals surface area contributed by atoms with E-state index in [2.05, 4.69) is 22.9 Å². The van der Waals surface area contributed by atoms with E-state index in [0.717, 1.165) is 71.9 Å². The highest BCUT2D eigenvalue weighted by atomic mass is 79.9. The minimum Gasteiger partial charge on any atom is -0.478 e. The average Bonchev–Trinajstić information content (AvgIpc) is 3.10. The second-order valence-electron chi connectivity index (χ2n) is 10.4. The summed E-state index contributed by atoms with van der Waals surface area (Å²) < 4.78 is 6.61. The lowest BCUT2D eigenvalue weighted by molar-refractivity contribution is -0.152. The first-order chi connectivity index (χ1) is 17.1. The van der Waals surface area contributed by atoms with Crippen LogP contribution in [0.1, 0.15) is 77.7 Å². The summed E-state index contributed by atoms with van der Waals surface area (Å²) in [5.74, 6) is 0.582. The number of carbonyl (C=O) groups is 2. The van der Waals surface area contributed by atoms with Gasteiger partial charge in [0.15, 0.2) is 5.60 Å². The lowest BCUT2D eigenvalue weighted by atomic mass is 9.82. The van der Waals surface area contributed by atoms with E-state index in [1.54, 1.807) is 6.07 Å². The summed E-state index contributed by atoms with van der Waals surface area (Å²) in [6.07, 6.45) is 8.00. The fourth-order valence-electron chi connectivity index (χ4n) is 4.97. The minimum absolute atomic E-state index is 0.172. The molecule has 1 spiro atoms.